The topological polar surface area (TPSA) is 75.2 Å². The zero-order valence-corrected chi connectivity index (χ0v) is 13.1. The third kappa shape index (κ3) is 4.37. The van der Waals surface area contributed by atoms with Gasteiger partial charge in [0.25, 0.3) is 0 Å². The number of anilines is 1. The van der Waals surface area contributed by atoms with Crippen LogP contribution < -0.4 is 5.32 Å². The highest BCUT2D eigenvalue weighted by molar-refractivity contribution is 7.88. The molecule has 1 aromatic heterocycles. The molecule has 114 valence electrons. The van der Waals surface area contributed by atoms with Crippen molar-refractivity contribution < 1.29 is 8.42 Å². The molecule has 2 aromatic rings. The first-order chi connectivity index (χ1) is 10.0. The van der Waals surface area contributed by atoms with Crippen molar-refractivity contribution in [2.45, 2.75) is 13.3 Å². The lowest BCUT2D eigenvalue weighted by molar-refractivity contribution is 0.428. The van der Waals surface area contributed by atoms with Crippen LogP contribution in [0.5, 0.6) is 0 Å². The van der Waals surface area contributed by atoms with Gasteiger partial charge in [0.05, 0.1) is 11.8 Å². The van der Waals surface area contributed by atoms with E-state index in [0.717, 1.165) is 10.9 Å². The van der Waals surface area contributed by atoms with Crippen molar-refractivity contribution in [1.29, 1.82) is 0 Å². The monoisotopic (exact) mass is 308 g/mol. The molecule has 0 amide bonds. The van der Waals surface area contributed by atoms with Crippen LogP contribution in [0.2, 0.25) is 0 Å². The number of hydrogen-bond donors (Lipinski definition) is 1. The second-order valence-electron chi connectivity index (χ2n) is 4.79. The van der Waals surface area contributed by atoms with Crippen LogP contribution in [0.1, 0.15) is 13.3 Å². The van der Waals surface area contributed by atoms with Crippen LogP contribution in [0.3, 0.4) is 0 Å². The van der Waals surface area contributed by atoms with Crippen molar-refractivity contribution in [3.05, 3.63) is 30.5 Å². The van der Waals surface area contributed by atoms with E-state index in [9.17, 15) is 8.42 Å². The van der Waals surface area contributed by atoms with Gasteiger partial charge in [0.1, 0.15) is 0 Å². The number of nitrogens with one attached hydrogen (secondary N) is 1. The molecule has 0 bridgehead atoms. The quantitative estimate of drug-likeness (QED) is 0.788. The number of benzene rings is 1. The Bertz CT molecular complexity index is 703. The van der Waals surface area contributed by atoms with Crippen molar-refractivity contribution in [2.24, 2.45) is 0 Å². The van der Waals surface area contributed by atoms with E-state index in [1.807, 2.05) is 31.2 Å². The summed E-state index contributed by atoms with van der Waals surface area (Å²) < 4.78 is 24.4. The SMILES string of the molecule is CCN(CCCNc1ncc2ccccc2n1)S(C)(=O)=O. The average Bonchev–Trinajstić information content (AvgIpc) is 2.45. The fraction of sp³-hybridized carbons (Fsp3) is 0.429. The highest BCUT2D eigenvalue weighted by Crippen LogP contribution is 2.11. The number of fused-ring (bicyclic) bond motifs is 1. The third-order valence-electron chi connectivity index (χ3n) is 3.18. The van der Waals surface area contributed by atoms with Crippen LogP contribution in [0.15, 0.2) is 30.5 Å². The van der Waals surface area contributed by atoms with Gasteiger partial charge in [0, 0.05) is 31.2 Å². The van der Waals surface area contributed by atoms with Gasteiger partial charge in [-0.3, -0.25) is 0 Å². The largest absolute Gasteiger partial charge is 0.354 e. The Kier molecular flexibility index (Phi) is 5.08. The van der Waals surface area contributed by atoms with Crippen LogP contribution in [0.4, 0.5) is 5.95 Å². The van der Waals surface area contributed by atoms with Gasteiger partial charge in [0.2, 0.25) is 16.0 Å². The first kappa shape index (κ1) is 15.7. The minimum absolute atomic E-state index is 0.491. The van der Waals surface area contributed by atoms with Gasteiger partial charge in [-0.05, 0) is 12.5 Å². The van der Waals surface area contributed by atoms with Gasteiger partial charge in [-0.15, -0.1) is 0 Å². The predicted octanol–water partition coefficient (Wildman–Crippen LogP) is 1.71. The Hall–Kier alpha value is -1.73. The Labute approximate surface area is 125 Å². The number of nitrogens with zero attached hydrogens (tertiary/aromatic N) is 3. The van der Waals surface area contributed by atoms with Crippen molar-refractivity contribution in [1.82, 2.24) is 14.3 Å². The molecule has 1 N–H and O–H groups in total. The molecule has 1 aromatic carbocycles. The maximum atomic E-state index is 11.5. The van der Waals surface area contributed by atoms with E-state index in [1.54, 1.807) is 6.20 Å². The minimum Gasteiger partial charge on any atom is -0.354 e. The number of rotatable bonds is 7. The molecule has 21 heavy (non-hydrogen) atoms. The normalized spacial score (nSPS) is 12.0. The second-order valence-corrected chi connectivity index (χ2v) is 6.77. The molecule has 1 heterocycles. The lowest BCUT2D eigenvalue weighted by atomic mass is 10.2. The molecular weight excluding hydrogens is 288 g/mol. The summed E-state index contributed by atoms with van der Waals surface area (Å²) in [7, 11) is -3.11. The highest BCUT2D eigenvalue weighted by atomic mass is 32.2. The molecule has 7 heteroatoms. The van der Waals surface area contributed by atoms with Gasteiger partial charge in [-0.2, -0.15) is 0 Å². The van der Waals surface area contributed by atoms with E-state index in [1.165, 1.54) is 10.6 Å². The smallest absolute Gasteiger partial charge is 0.223 e. The first-order valence-corrected chi connectivity index (χ1v) is 8.76. The molecule has 0 aliphatic carbocycles. The number of para-hydroxylation sites is 1. The first-order valence-electron chi connectivity index (χ1n) is 6.91. The van der Waals surface area contributed by atoms with Crippen LogP contribution in [-0.4, -0.2) is 48.6 Å². The molecular formula is C14H20N4O2S. The summed E-state index contributed by atoms with van der Waals surface area (Å²) in [6.07, 6.45) is 3.72. The summed E-state index contributed by atoms with van der Waals surface area (Å²) in [6.45, 7) is 3.45. The molecule has 0 spiro atoms. The summed E-state index contributed by atoms with van der Waals surface area (Å²) in [5.41, 5.74) is 0.890. The fourth-order valence-corrected chi connectivity index (χ4v) is 3.00. The van der Waals surface area contributed by atoms with E-state index < -0.39 is 10.0 Å². The van der Waals surface area contributed by atoms with Gasteiger partial charge < -0.3 is 5.32 Å². The standard InChI is InChI=1S/C14H20N4O2S/c1-3-18(21(2,19)20)10-6-9-15-14-16-11-12-7-4-5-8-13(12)17-14/h4-5,7-8,11H,3,6,9-10H2,1-2H3,(H,15,16,17). The zero-order valence-electron chi connectivity index (χ0n) is 12.3. The highest BCUT2D eigenvalue weighted by Gasteiger charge is 2.13. The summed E-state index contributed by atoms with van der Waals surface area (Å²) in [4.78, 5) is 8.65. The maximum absolute atomic E-state index is 11.5. The molecule has 0 aliphatic rings. The molecule has 2 rings (SSSR count). The van der Waals surface area contributed by atoms with Crippen molar-refractivity contribution >= 4 is 26.9 Å². The molecule has 0 saturated heterocycles. The van der Waals surface area contributed by atoms with Crippen LogP contribution in [0, 0.1) is 0 Å². The van der Waals surface area contributed by atoms with E-state index in [2.05, 4.69) is 15.3 Å². The van der Waals surface area contributed by atoms with Crippen molar-refractivity contribution in [3.63, 3.8) is 0 Å². The van der Waals surface area contributed by atoms with Crippen molar-refractivity contribution in [2.75, 3.05) is 31.2 Å². The van der Waals surface area contributed by atoms with Crippen LogP contribution in [0.25, 0.3) is 10.9 Å². The number of aromatic nitrogens is 2. The molecule has 6 nitrogen and oxygen atoms in total. The Morgan fingerprint density at radius 2 is 2.05 bits per heavy atom. The van der Waals surface area contributed by atoms with E-state index >= 15 is 0 Å². The molecule has 0 aliphatic heterocycles. The number of hydrogen-bond acceptors (Lipinski definition) is 5. The van der Waals surface area contributed by atoms with Gasteiger partial charge >= 0.3 is 0 Å². The van der Waals surface area contributed by atoms with Crippen LogP contribution >= 0.6 is 0 Å². The average molecular weight is 308 g/mol. The van der Waals surface area contributed by atoms with Gasteiger partial charge in [0.15, 0.2) is 0 Å². The molecule has 0 unspecified atom stereocenters. The van der Waals surface area contributed by atoms with E-state index in [-0.39, 0.29) is 0 Å². The minimum atomic E-state index is -3.11. The number of sulfonamides is 1. The third-order valence-corrected chi connectivity index (χ3v) is 4.56. The van der Waals surface area contributed by atoms with Crippen LogP contribution in [-0.2, 0) is 10.0 Å². The molecule has 0 radical (unpaired) electrons. The van der Waals surface area contributed by atoms with Crippen molar-refractivity contribution in [3.8, 4) is 0 Å². The summed E-state index contributed by atoms with van der Waals surface area (Å²) in [5.74, 6) is 0.566. The lowest BCUT2D eigenvalue weighted by Crippen LogP contribution is -2.31. The molecule has 0 fully saturated rings. The fourth-order valence-electron chi connectivity index (χ4n) is 2.07. The summed E-state index contributed by atoms with van der Waals surface area (Å²) in [6, 6.07) is 7.78. The van der Waals surface area contributed by atoms with Gasteiger partial charge in [-0.25, -0.2) is 22.7 Å². The molecule has 0 saturated carbocycles. The Balaban J connectivity index is 1.87. The Morgan fingerprint density at radius 1 is 1.29 bits per heavy atom. The lowest BCUT2D eigenvalue weighted by Gasteiger charge is -2.17. The van der Waals surface area contributed by atoms with Gasteiger partial charge in [-0.1, -0.05) is 25.1 Å². The second kappa shape index (κ2) is 6.82. The van der Waals surface area contributed by atoms with E-state index in [0.29, 0.717) is 32.0 Å². The maximum Gasteiger partial charge on any atom is 0.223 e. The Morgan fingerprint density at radius 3 is 2.76 bits per heavy atom. The van der Waals surface area contributed by atoms with E-state index in [4.69, 9.17) is 0 Å². The molecule has 0 atom stereocenters. The predicted molar refractivity (Wildman–Crippen MR) is 84.7 cm³/mol. The zero-order chi connectivity index (χ0) is 15.3. The summed E-state index contributed by atoms with van der Waals surface area (Å²) >= 11 is 0. The summed E-state index contributed by atoms with van der Waals surface area (Å²) in [5, 5.41) is 4.12.